The molecule has 1 aliphatic heterocycles. The minimum absolute atomic E-state index is 0.0138. The van der Waals surface area contributed by atoms with Crippen molar-refractivity contribution < 1.29 is 4.74 Å². The van der Waals surface area contributed by atoms with Crippen LogP contribution in [0.4, 0.5) is 0 Å². The van der Waals surface area contributed by atoms with E-state index in [1.807, 2.05) is 0 Å². The standard InChI is InChI=1S/C12H23NO/c1-11(2,3)14-12(7-8-12)10-6-5-9-13(10)4/h10H,5-9H2,1-4H3. The quantitative estimate of drug-likeness (QED) is 0.674. The number of nitrogens with zero attached hydrogens (tertiary/aromatic N) is 1. The summed E-state index contributed by atoms with van der Waals surface area (Å²) in [6, 6.07) is 0.682. The Bertz CT molecular complexity index is 215. The molecule has 0 aromatic rings. The van der Waals surface area contributed by atoms with Crippen molar-refractivity contribution in [2.75, 3.05) is 13.6 Å². The predicted octanol–water partition coefficient (Wildman–Crippen LogP) is 2.43. The van der Waals surface area contributed by atoms with Crippen LogP contribution in [0.1, 0.15) is 46.5 Å². The molecule has 14 heavy (non-hydrogen) atoms. The summed E-state index contributed by atoms with van der Waals surface area (Å²) in [6.45, 7) is 7.76. The topological polar surface area (TPSA) is 12.5 Å². The van der Waals surface area contributed by atoms with Crippen LogP contribution >= 0.6 is 0 Å². The highest BCUT2D eigenvalue weighted by Gasteiger charge is 2.54. The van der Waals surface area contributed by atoms with E-state index in [0.29, 0.717) is 6.04 Å². The van der Waals surface area contributed by atoms with E-state index < -0.39 is 0 Å². The first-order valence-electron chi connectivity index (χ1n) is 5.83. The summed E-state index contributed by atoms with van der Waals surface area (Å²) in [5.74, 6) is 0. The van der Waals surface area contributed by atoms with Gasteiger partial charge in [-0.25, -0.2) is 0 Å². The van der Waals surface area contributed by atoms with Crippen molar-refractivity contribution in [3.63, 3.8) is 0 Å². The van der Waals surface area contributed by atoms with Crippen molar-refractivity contribution in [2.24, 2.45) is 0 Å². The molecule has 1 aliphatic carbocycles. The van der Waals surface area contributed by atoms with E-state index >= 15 is 0 Å². The van der Waals surface area contributed by atoms with Gasteiger partial charge in [0.2, 0.25) is 0 Å². The summed E-state index contributed by atoms with van der Waals surface area (Å²) in [5, 5.41) is 0. The lowest BCUT2D eigenvalue weighted by molar-refractivity contribution is -0.104. The summed E-state index contributed by atoms with van der Waals surface area (Å²) in [5.41, 5.74) is 0.226. The maximum atomic E-state index is 6.25. The zero-order valence-corrected chi connectivity index (χ0v) is 9.97. The Morgan fingerprint density at radius 3 is 2.29 bits per heavy atom. The minimum Gasteiger partial charge on any atom is -0.368 e. The van der Waals surface area contributed by atoms with Crippen molar-refractivity contribution in [2.45, 2.75) is 63.7 Å². The molecule has 2 fully saturated rings. The molecular formula is C12H23NO. The number of likely N-dealkylation sites (tertiary alicyclic amines) is 1. The Balaban J connectivity index is 2.02. The maximum absolute atomic E-state index is 6.25. The highest BCUT2D eigenvalue weighted by atomic mass is 16.5. The van der Waals surface area contributed by atoms with Gasteiger partial charge >= 0.3 is 0 Å². The summed E-state index contributed by atoms with van der Waals surface area (Å²) in [7, 11) is 2.24. The van der Waals surface area contributed by atoms with Gasteiger partial charge in [-0.1, -0.05) is 0 Å². The van der Waals surface area contributed by atoms with Crippen LogP contribution in [-0.2, 0) is 4.74 Å². The molecule has 0 radical (unpaired) electrons. The average molecular weight is 197 g/mol. The Morgan fingerprint density at radius 1 is 1.29 bits per heavy atom. The van der Waals surface area contributed by atoms with Crippen molar-refractivity contribution in [3.8, 4) is 0 Å². The van der Waals surface area contributed by atoms with Gasteiger partial charge in [-0.05, 0) is 60.0 Å². The Hall–Kier alpha value is -0.0800. The van der Waals surface area contributed by atoms with Crippen LogP contribution < -0.4 is 0 Å². The predicted molar refractivity (Wildman–Crippen MR) is 58.5 cm³/mol. The van der Waals surface area contributed by atoms with Gasteiger partial charge in [0.15, 0.2) is 0 Å². The number of ether oxygens (including phenoxy) is 1. The van der Waals surface area contributed by atoms with E-state index in [2.05, 4.69) is 32.7 Å². The van der Waals surface area contributed by atoms with Crippen molar-refractivity contribution >= 4 is 0 Å². The summed E-state index contributed by atoms with van der Waals surface area (Å²) in [4.78, 5) is 2.48. The fourth-order valence-corrected chi connectivity index (χ4v) is 2.81. The third-order valence-corrected chi connectivity index (χ3v) is 3.38. The van der Waals surface area contributed by atoms with Crippen molar-refractivity contribution in [3.05, 3.63) is 0 Å². The molecule has 1 atom stereocenters. The first-order chi connectivity index (χ1) is 6.43. The second-order valence-electron chi connectivity index (χ2n) is 5.92. The monoisotopic (exact) mass is 197 g/mol. The highest BCUT2D eigenvalue weighted by Crippen LogP contribution is 2.49. The smallest absolute Gasteiger partial charge is 0.0846 e. The van der Waals surface area contributed by atoms with E-state index in [1.165, 1.54) is 32.2 Å². The number of likely N-dealkylation sites (N-methyl/N-ethyl adjacent to an activating group) is 1. The molecule has 82 valence electrons. The van der Waals surface area contributed by atoms with E-state index in [-0.39, 0.29) is 11.2 Å². The molecule has 0 N–H and O–H groups in total. The molecule has 0 aromatic carbocycles. The van der Waals surface area contributed by atoms with Gasteiger partial charge < -0.3 is 9.64 Å². The van der Waals surface area contributed by atoms with Crippen LogP contribution in [0.15, 0.2) is 0 Å². The summed E-state index contributed by atoms with van der Waals surface area (Å²) < 4.78 is 6.25. The second kappa shape index (κ2) is 3.21. The van der Waals surface area contributed by atoms with Gasteiger partial charge in [0.25, 0.3) is 0 Å². The van der Waals surface area contributed by atoms with Gasteiger partial charge in [0, 0.05) is 6.04 Å². The third kappa shape index (κ3) is 1.96. The van der Waals surface area contributed by atoms with Gasteiger partial charge in [0.05, 0.1) is 11.2 Å². The van der Waals surface area contributed by atoms with Crippen LogP contribution in [0.5, 0.6) is 0 Å². The van der Waals surface area contributed by atoms with Crippen LogP contribution in [0.2, 0.25) is 0 Å². The molecule has 0 spiro atoms. The lowest BCUT2D eigenvalue weighted by atomic mass is 10.0. The van der Waals surface area contributed by atoms with Gasteiger partial charge in [-0.3, -0.25) is 0 Å². The Kier molecular flexibility index (Phi) is 2.39. The molecule has 1 saturated heterocycles. The SMILES string of the molecule is CN1CCCC1C1(OC(C)(C)C)CC1. The van der Waals surface area contributed by atoms with Gasteiger partial charge in [-0.2, -0.15) is 0 Å². The average Bonchev–Trinajstić information content (AvgIpc) is 2.62. The van der Waals surface area contributed by atoms with Crippen LogP contribution in [0.25, 0.3) is 0 Å². The third-order valence-electron chi connectivity index (χ3n) is 3.38. The summed E-state index contributed by atoms with van der Waals surface area (Å²) in [6.07, 6.45) is 5.20. The second-order valence-corrected chi connectivity index (χ2v) is 5.92. The van der Waals surface area contributed by atoms with Crippen molar-refractivity contribution in [1.82, 2.24) is 4.90 Å². The number of rotatable bonds is 2. The molecule has 1 saturated carbocycles. The zero-order chi connectivity index (χ0) is 10.4. The van der Waals surface area contributed by atoms with E-state index in [9.17, 15) is 0 Å². The first-order valence-corrected chi connectivity index (χ1v) is 5.83. The van der Waals surface area contributed by atoms with E-state index in [4.69, 9.17) is 4.74 Å². The number of hydrogen-bond acceptors (Lipinski definition) is 2. The first kappa shape index (κ1) is 10.4. The van der Waals surface area contributed by atoms with Crippen molar-refractivity contribution in [1.29, 1.82) is 0 Å². The molecule has 2 nitrogen and oxygen atoms in total. The van der Waals surface area contributed by atoms with Gasteiger partial charge in [0.1, 0.15) is 0 Å². The molecule has 2 rings (SSSR count). The fraction of sp³-hybridized carbons (Fsp3) is 1.00. The Labute approximate surface area is 87.6 Å². The Morgan fingerprint density at radius 2 is 1.93 bits per heavy atom. The van der Waals surface area contributed by atoms with E-state index in [1.54, 1.807) is 0 Å². The van der Waals surface area contributed by atoms with Crippen LogP contribution in [0, 0.1) is 0 Å². The van der Waals surface area contributed by atoms with Gasteiger partial charge in [-0.15, -0.1) is 0 Å². The van der Waals surface area contributed by atoms with E-state index in [0.717, 1.165) is 0 Å². The lowest BCUT2D eigenvalue weighted by Crippen LogP contribution is -2.44. The number of hydrogen-bond donors (Lipinski definition) is 0. The minimum atomic E-state index is 0.0138. The largest absolute Gasteiger partial charge is 0.368 e. The normalized spacial score (nSPS) is 32.1. The maximum Gasteiger partial charge on any atom is 0.0846 e. The molecule has 0 bridgehead atoms. The molecular weight excluding hydrogens is 174 g/mol. The highest BCUT2D eigenvalue weighted by molar-refractivity contribution is 5.08. The van der Waals surface area contributed by atoms with Crippen LogP contribution in [-0.4, -0.2) is 35.7 Å². The van der Waals surface area contributed by atoms with Crippen LogP contribution in [0.3, 0.4) is 0 Å². The molecule has 2 heteroatoms. The molecule has 1 unspecified atom stereocenters. The molecule has 0 aromatic heterocycles. The summed E-state index contributed by atoms with van der Waals surface area (Å²) >= 11 is 0. The lowest BCUT2D eigenvalue weighted by Gasteiger charge is -2.35. The zero-order valence-electron chi connectivity index (χ0n) is 9.97. The molecule has 2 aliphatic rings. The molecule has 0 amide bonds. The molecule has 1 heterocycles. The fourth-order valence-electron chi connectivity index (χ4n) is 2.81.